The van der Waals surface area contributed by atoms with Gasteiger partial charge in [0, 0.05) is 18.2 Å². The van der Waals surface area contributed by atoms with Gasteiger partial charge in [-0.1, -0.05) is 17.8 Å². The maximum Gasteiger partial charge on any atom is 0.573 e. The number of anilines is 1. The predicted molar refractivity (Wildman–Crippen MR) is 113 cm³/mol. The van der Waals surface area contributed by atoms with Gasteiger partial charge in [0.1, 0.15) is 11.6 Å². The Bertz CT molecular complexity index is 1080. The van der Waals surface area contributed by atoms with Crippen molar-refractivity contribution >= 4 is 33.2 Å². The van der Waals surface area contributed by atoms with Crippen molar-refractivity contribution in [2.45, 2.75) is 42.6 Å². The molecule has 1 aromatic carbocycles. The third-order valence-corrected chi connectivity index (χ3v) is 7.51. The Kier molecular flexibility index (Phi) is 7.18. The molecule has 1 fully saturated rings. The number of nitrogens with zero attached hydrogens (tertiary/aromatic N) is 3. The highest BCUT2D eigenvalue weighted by atomic mass is 32.2. The van der Waals surface area contributed by atoms with Crippen LogP contribution in [0, 0.1) is 0 Å². The lowest BCUT2D eigenvalue weighted by molar-refractivity contribution is -0.274. The first-order valence-corrected chi connectivity index (χ1v) is 12.3. The summed E-state index contributed by atoms with van der Waals surface area (Å²) in [5.41, 5.74) is 0.307. The number of carbonyl (C=O) groups excluding carboxylic acids is 1. The Balaban J connectivity index is 1.66. The quantitative estimate of drug-likeness (QED) is 0.447. The highest BCUT2D eigenvalue weighted by molar-refractivity contribution is 8.00. The number of carbonyl (C=O) groups is 1. The molecule has 0 unspecified atom stereocenters. The standard InChI is InChI=1S/C19H21F3N4O4S2/c1-3-9-26-16(13-8-10-32(28,29)11-13)24-25-18(26)31-12(2)17(27)23-14-4-6-15(7-5-14)30-19(20,21)22/h3-7,12-13H,1,8-11H2,2H3,(H,23,27)/t12-,13-/m1/s1. The van der Waals surface area contributed by atoms with Gasteiger partial charge < -0.3 is 14.6 Å². The van der Waals surface area contributed by atoms with E-state index in [-0.39, 0.29) is 17.4 Å². The fraction of sp³-hybridized carbons (Fsp3) is 0.421. The average molecular weight is 491 g/mol. The summed E-state index contributed by atoms with van der Waals surface area (Å²) < 4.78 is 65.9. The number of thioether (sulfide) groups is 1. The van der Waals surface area contributed by atoms with Crippen LogP contribution in [0.4, 0.5) is 18.9 Å². The lowest BCUT2D eigenvalue weighted by Gasteiger charge is -2.14. The van der Waals surface area contributed by atoms with Crippen molar-refractivity contribution in [3.8, 4) is 5.75 Å². The number of rotatable bonds is 8. The molecule has 174 valence electrons. The number of allylic oxidation sites excluding steroid dienone is 1. The van der Waals surface area contributed by atoms with E-state index in [0.29, 0.717) is 29.6 Å². The summed E-state index contributed by atoms with van der Waals surface area (Å²) >= 11 is 1.13. The first-order valence-electron chi connectivity index (χ1n) is 9.55. The number of aromatic nitrogens is 3. The van der Waals surface area contributed by atoms with Crippen molar-refractivity contribution in [1.29, 1.82) is 0 Å². The predicted octanol–water partition coefficient (Wildman–Crippen LogP) is 3.38. The van der Waals surface area contributed by atoms with Crippen LogP contribution < -0.4 is 10.1 Å². The fourth-order valence-electron chi connectivity index (χ4n) is 3.18. The first-order chi connectivity index (χ1) is 15.0. The Hall–Kier alpha value is -2.54. The molecule has 1 saturated heterocycles. The minimum absolute atomic E-state index is 0.0109. The molecule has 1 N–H and O–H groups in total. The van der Waals surface area contributed by atoms with Gasteiger partial charge in [-0.25, -0.2) is 8.42 Å². The zero-order chi connectivity index (χ0) is 23.5. The molecule has 2 heterocycles. The molecular formula is C19H21F3N4O4S2. The summed E-state index contributed by atoms with van der Waals surface area (Å²) in [6.07, 6.45) is -2.69. The maximum atomic E-state index is 12.5. The van der Waals surface area contributed by atoms with Crippen LogP contribution in [0.25, 0.3) is 0 Å². The molecule has 1 aliphatic heterocycles. The van der Waals surface area contributed by atoms with Crippen molar-refractivity contribution in [2.24, 2.45) is 0 Å². The van der Waals surface area contributed by atoms with Crippen LogP contribution >= 0.6 is 11.8 Å². The Labute approximate surface area is 187 Å². The van der Waals surface area contributed by atoms with Crippen LogP contribution in [0.15, 0.2) is 42.1 Å². The van der Waals surface area contributed by atoms with Gasteiger partial charge in [0.25, 0.3) is 0 Å². The molecule has 2 atom stereocenters. The second-order valence-corrected chi connectivity index (χ2v) is 10.7. The molecule has 0 radical (unpaired) electrons. The van der Waals surface area contributed by atoms with E-state index in [4.69, 9.17) is 0 Å². The molecule has 2 aromatic rings. The van der Waals surface area contributed by atoms with Gasteiger partial charge in [-0.3, -0.25) is 4.79 Å². The zero-order valence-corrected chi connectivity index (χ0v) is 18.6. The van der Waals surface area contributed by atoms with E-state index in [1.807, 2.05) is 0 Å². The van der Waals surface area contributed by atoms with Gasteiger partial charge in [-0.2, -0.15) is 0 Å². The number of halogens is 3. The van der Waals surface area contributed by atoms with E-state index in [1.165, 1.54) is 12.1 Å². The summed E-state index contributed by atoms with van der Waals surface area (Å²) in [6, 6.07) is 4.80. The molecule has 13 heteroatoms. The van der Waals surface area contributed by atoms with Crippen LogP contribution in [0.2, 0.25) is 0 Å². The molecule has 1 amide bonds. The van der Waals surface area contributed by atoms with Gasteiger partial charge in [0.2, 0.25) is 5.91 Å². The number of sulfone groups is 1. The number of amides is 1. The van der Waals surface area contributed by atoms with E-state index in [2.05, 4.69) is 26.8 Å². The number of ether oxygens (including phenoxy) is 1. The number of nitrogens with one attached hydrogen (secondary N) is 1. The van der Waals surface area contributed by atoms with Gasteiger partial charge >= 0.3 is 6.36 Å². The number of hydrogen-bond acceptors (Lipinski definition) is 7. The zero-order valence-electron chi connectivity index (χ0n) is 17.0. The van der Waals surface area contributed by atoms with Gasteiger partial charge in [-0.15, -0.1) is 29.9 Å². The smallest absolute Gasteiger partial charge is 0.406 e. The van der Waals surface area contributed by atoms with Gasteiger partial charge in [0.15, 0.2) is 15.0 Å². The molecule has 32 heavy (non-hydrogen) atoms. The Morgan fingerprint density at radius 3 is 2.62 bits per heavy atom. The van der Waals surface area contributed by atoms with Crippen LogP contribution in [-0.4, -0.2) is 52.2 Å². The van der Waals surface area contributed by atoms with E-state index < -0.39 is 33.1 Å². The highest BCUT2D eigenvalue weighted by Gasteiger charge is 2.34. The molecule has 0 bridgehead atoms. The lowest BCUT2D eigenvalue weighted by Crippen LogP contribution is -2.23. The lowest BCUT2D eigenvalue weighted by atomic mass is 10.1. The normalized spacial score (nSPS) is 18.8. The number of hydrogen-bond donors (Lipinski definition) is 1. The molecule has 3 rings (SSSR count). The molecule has 0 saturated carbocycles. The summed E-state index contributed by atoms with van der Waals surface area (Å²) in [6.45, 7) is 5.71. The first kappa shape index (κ1) is 24.1. The molecule has 1 aromatic heterocycles. The van der Waals surface area contributed by atoms with Crippen LogP contribution in [0.5, 0.6) is 5.75 Å². The van der Waals surface area contributed by atoms with E-state index in [1.54, 1.807) is 17.6 Å². The molecule has 0 spiro atoms. The minimum atomic E-state index is -4.79. The second-order valence-electron chi connectivity index (χ2n) is 7.16. The SMILES string of the molecule is C=CCn1c(S[C@H](C)C(=O)Nc2ccc(OC(F)(F)F)cc2)nnc1[C@@H]1CCS(=O)(=O)C1. The summed E-state index contributed by atoms with van der Waals surface area (Å²) in [7, 11) is -3.10. The van der Waals surface area contributed by atoms with Gasteiger partial charge in [0.05, 0.1) is 16.8 Å². The van der Waals surface area contributed by atoms with E-state index in [9.17, 15) is 26.4 Å². The van der Waals surface area contributed by atoms with Crippen molar-refractivity contribution in [2.75, 3.05) is 16.8 Å². The average Bonchev–Trinajstić information content (AvgIpc) is 3.25. The summed E-state index contributed by atoms with van der Waals surface area (Å²) in [5, 5.41) is 10.7. The van der Waals surface area contributed by atoms with Crippen LogP contribution in [0.3, 0.4) is 0 Å². The van der Waals surface area contributed by atoms with Crippen molar-refractivity contribution in [1.82, 2.24) is 14.8 Å². The maximum absolute atomic E-state index is 12.5. The highest BCUT2D eigenvalue weighted by Crippen LogP contribution is 2.31. The van der Waals surface area contributed by atoms with Crippen molar-refractivity contribution in [3.63, 3.8) is 0 Å². The molecule has 1 aliphatic rings. The van der Waals surface area contributed by atoms with E-state index >= 15 is 0 Å². The monoisotopic (exact) mass is 490 g/mol. The molecule has 0 aliphatic carbocycles. The summed E-state index contributed by atoms with van der Waals surface area (Å²) in [5.74, 6) is -0.386. The van der Waals surface area contributed by atoms with Crippen molar-refractivity contribution < 1.29 is 31.1 Å². The largest absolute Gasteiger partial charge is 0.573 e. The van der Waals surface area contributed by atoms with Crippen LogP contribution in [0.1, 0.15) is 25.1 Å². The number of alkyl halides is 3. The Morgan fingerprint density at radius 2 is 2.06 bits per heavy atom. The van der Waals surface area contributed by atoms with Crippen LogP contribution in [-0.2, 0) is 21.2 Å². The third-order valence-electron chi connectivity index (χ3n) is 4.66. The molecular weight excluding hydrogens is 469 g/mol. The van der Waals surface area contributed by atoms with E-state index in [0.717, 1.165) is 23.9 Å². The summed E-state index contributed by atoms with van der Waals surface area (Å²) in [4.78, 5) is 12.5. The minimum Gasteiger partial charge on any atom is -0.406 e. The van der Waals surface area contributed by atoms with Gasteiger partial charge in [-0.05, 0) is 37.6 Å². The Morgan fingerprint density at radius 1 is 1.38 bits per heavy atom. The van der Waals surface area contributed by atoms with Crippen molar-refractivity contribution in [3.05, 3.63) is 42.7 Å². The third kappa shape index (κ3) is 6.25. The molecule has 8 nitrogen and oxygen atoms in total. The second kappa shape index (κ2) is 9.53. The fourth-order valence-corrected chi connectivity index (χ4v) is 5.79. The topological polar surface area (TPSA) is 103 Å². The number of benzene rings is 1.